The van der Waals surface area contributed by atoms with E-state index in [4.69, 9.17) is 4.74 Å². The summed E-state index contributed by atoms with van der Waals surface area (Å²) in [6.45, 7) is 2.41. The summed E-state index contributed by atoms with van der Waals surface area (Å²) in [5.41, 5.74) is 2.08. The number of amides is 1. The molecule has 0 unspecified atom stereocenters. The first kappa shape index (κ1) is 17.4. The van der Waals surface area contributed by atoms with Gasteiger partial charge in [0.05, 0.1) is 11.3 Å². The van der Waals surface area contributed by atoms with E-state index in [1.807, 2.05) is 12.3 Å². The molecule has 1 aliphatic rings. The van der Waals surface area contributed by atoms with Gasteiger partial charge in [-0.25, -0.2) is 9.78 Å². The van der Waals surface area contributed by atoms with Gasteiger partial charge in [-0.2, -0.15) is 0 Å². The summed E-state index contributed by atoms with van der Waals surface area (Å²) < 4.78 is 6.84. The number of anilines is 1. The molecule has 7 nitrogen and oxygen atoms in total. The van der Waals surface area contributed by atoms with E-state index in [9.17, 15) is 14.4 Å². The van der Waals surface area contributed by atoms with E-state index in [0.717, 1.165) is 12.1 Å². The van der Waals surface area contributed by atoms with Crippen LogP contribution in [0.5, 0.6) is 0 Å². The van der Waals surface area contributed by atoms with Crippen molar-refractivity contribution in [1.29, 1.82) is 0 Å². The van der Waals surface area contributed by atoms with Crippen LogP contribution in [0.3, 0.4) is 0 Å². The highest BCUT2D eigenvalue weighted by Crippen LogP contribution is 2.22. The van der Waals surface area contributed by atoms with Gasteiger partial charge in [-0.3, -0.25) is 14.0 Å². The van der Waals surface area contributed by atoms with Gasteiger partial charge in [-0.1, -0.05) is 6.07 Å². The fourth-order valence-electron chi connectivity index (χ4n) is 3.12. The molecule has 3 heterocycles. The van der Waals surface area contributed by atoms with Gasteiger partial charge in [0.2, 0.25) is 5.91 Å². The van der Waals surface area contributed by atoms with Crippen molar-refractivity contribution in [2.45, 2.75) is 26.4 Å². The lowest BCUT2D eigenvalue weighted by Gasteiger charge is -2.16. The minimum Gasteiger partial charge on any atom is -0.456 e. The van der Waals surface area contributed by atoms with Crippen LogP contribution in [0.25, 0.3) is 4.96 Å². The number of nitrogens with zero attached hydrogens (tertiary/aromatic N) is 3. The van der Waals surface area contributed by atoms with Crippen LogP contribution in [-0.4, -0.2) is 27.8 Å². The molecule has 27 heavy (non-hydrogen) atoms. The minimum atomic E-state index is -0.521. The zero-order valence-electron chi connectivity index (χ0n) is 14.7. The first-order chi connectivity index (χ1) is 13.0. The average Bonchev–Trinajstić information content (AvgIpc) is 3.26. The summed E-state index contributed by atoms with van der Waals surface area (Å²) in [5.74, 6) is -0.461. The third kappa shape index (κ3) is 3.35. The highest BCUT2D eigenvalue weighted by molar-refractivity contribution is 7.15. The number of rotatable bonds is 4. The largest absolute Gasteiger partial charge is 0.456 e. The number of ether oxygens (including phenoxy) is 1. The first-order valence-corrected chi connectivity index (χ1v) is 9.45. The van der Waals surface area contributed by atoms with Crippen LogP contribution < -0.4 is 10.5 Å². The van der Waals surface area contributed by atoms with Crippen LogP contribution in [0.1, 0.15) is 34.6 Å². The van der Waals surface area contributed by atoms with E-state index in [2.05, 4.69) is 4.98 Å². The number of carbonyl (C=O) groups excluding carboxylic acids is 2. The van der Waals surface area contributed by atoms with Crippen LogP contribution in [0.15, 0.2) is 40.5 Å². The SMILES string of the molecule is Cc1csc2nc(COC(=O)c3cccc(N4CCCC4=O)c3)cc(=O)n12. The molecule has 0 atom stereocenters. The number of aryl methyl sites for hydroxylation is 1. The Morgan fingerprint density at radius 2 is 2.15 bits per heavy atom. The highest BCUT2D eigenvalue weighted by atomic mass is 32.1. The number of benzene rings is 1. The van der Waals surface area contributed by atoms with Gasteiger partial charge >= 0.3 is 5.97 Å². The van der Waals surface area contributed by atoms with E-state index in [-0.39, 0.29) is 18.1 Å². The molecule has 0 saturated carbocycles. The Morgan fingerprint density at radius 3 is 2.93 bits per heavy atom. The zero-order chi connectivity index (χ0) is 19.0. The van der Waals surface area contributed by atoms with Crippen molar-refractivity contribution in [3.05, 3.63) is 63.0 Å². The van der Waals surface area contributed by atoms with Gasteiger partial charge in [-0.05, 0) is 31.5 Å². The molecular weight excluding hydrogens is 366 g/mol. The molecule has 2 aromatic heterocycles. The topological polar surface area (TPSA) is 81.0 Å². The third-order valence-corrected chi connectivity index (χ3v) is 5.39. The third-order valence-electron chi connectivity index (χ3n) is 4.45. The van der Waals surface area contributed by atoms with Gasteiger partial charge < -0.3 is 9.64 Å². The smallest absolute Gasteiger partial charge is 0.338 e. The maximum atomic E-state index is 12.4. The lowest BCUT2D eigenvalue weighted by atomic mass is 10.2. The van der Waals surface area contributed by atoms with Crippen molar-refractivity contribution in [3.8, 4) is 0 Å². The number of carbonyl (C=O) groups is 2. The summed E-state index contributed by atoms with van der Waals surface area (Å²) in [7, 11) is 0. The summed E-state index contributed by atoms with van der Waals surface area (Å²) >= 11 is 1.36. The van der Waals surface area contributed by atoms with Crippen LogP contribution in [0.2, 0.25) is 0 Å². The van der Waals surface area contributed by atoms with Crippen molar-refractivity contribution in [3.63, 3.8) is 0 Å². The van der Waals surface area contributed by atoms with Crippen molar-refractivity contribution in [2.75, 3.05) is 11.4 Å². The van der Waals surface area contributed by atoms with Crippen LogP contribution in [0, 0.1) is 6.92 Å². The summed E-state index contributed by atoms with van der Waals surface area (Å²) in [6, 6.07) is 8.19. The summed E-state index contributed by atoms with van der Waals surface area (Å²) in [4.78, 5) is 43.0. The molecular formula is C19H17N3O4S. The van der Waals surface area contributed by atoms with Gasteiger partial charge in [0.15, 0.2) is 4.96 Å². The second-order valence-corrected chi connectivity index (χ2v) is 7.19. The Morgan fingerprint density at radius 1 is 1.30 bits per heavy atom. The number of hydrogen-bond acceptors (Lipinski definition) is 6. The lowest BCUT2D eigenvalue weighted by molar-refractivity contribution is -0.117. The Bertz CT molecular complexity index is 1100. The van der Waals surface area contributed by atoms with E-state index in [1.165, 1.54) is 21.8 Å². The van der Waals surface area contributed by atoms with Gasteiger partial charge in [0.1, 0.15) is 6.61 Å². The zero-order valence-corrected chi connectivity index (χ0v) is 15.5. The Hall–Kier alpha value is -3.00. The molecule has 0 aliphatic carbocycles. The standard InChI is InChI=1S/C19H17N3O4S/c1-12-11-27-19-20-14(9-17(24)22(12)19)10-26-18(25)13-4-2-5-15(8-13)21-7-3-6-16(21)23/h2,4-5,8-9,11H,3,6-7,10H2,1H3. The van der Waals surface area contributed by atoms with Crippen LogP contribution in [-0.2, 0) is 16.1 Å². The van der Waals surface area contributed by atoms with Gasteiger partial charge in [-0.15, -0.1) is 11.3 Å². The number of fused-ring (bicyclic) bond motifs is 1. The number of aromatic nitrogens is 2. The van der Waals surface area contributed by atoms with Crippen molar-refractivity contribution in [2.24, 2.45) is 0 Å². The molecule has 1 fully saturated rings. The van der Waals surface area contributed by atoms with Crippen LogP contribution in [0.4, 0.5) is 5.69 Å². The predicted octanol–water partition coefficient (Wildman–Crippen LogP) is 2.55. The molecule has 1 aromatic carbocycles. The maximum absolute atomic E-state index is 12.4. The molecule has 1 aliphatic heterocycles. The van der Waals surface area contributed by atoms with E-state index in [0.29, 0.717) is 34.9 Å². The fraction of sp³-hybridized carbons (Fsp3) is 0.263. The molecule has 4 rings (SSSR count). The Balaban J connectivity index is 1.50. The Kier molecular flexibility index (Phi) is 4.49. The fourth-order valence-corrected chi connectivity index (χ4v) is 4.01. The van der Waals surface area contributed by atoms with Crippen molar-refractivity contribution >= 4 is 33.9 Å². The summed E-state index contributed by atoms with van der Waals surface area (Å²) in [5, 5.41) is 1.85. The average molecular weight is 383 g/mol. The molecule has 1 saturated heterocycles. The number of esters is 1. The predicted molar refractivity (Wildman–Crippen MR) is 101 cm³/mol. The van der Waals surface area contributed by atoms with E-state index < -0.39 is 5.97 Å². The van der Waals surface area contributed by atoms with Crippen molar-refractivity contribution in [1.82, 2.24) is 9.38 Å². The van der Waals surface area contributed by atoms with Crippen LogP contribution >= 0.6 is 11.3 Å². The quantitative estimate of drug-likeness (QED) is 0.647. The molecule has 8 heteroatoms. The second kappa shape index (κ2) is 6.96. The molecule has 1 amide bonds. The molecule has 0 spiro atoms. The second-order valence-electron chi connectivity index (χ2n) is 6.36. The maximum Gasteiger partial charge on any atom is 0.338 e. The van der Waals surface area contributed by atoms with Gasteiger partial charge in [0, 0.05) is 35.8 Å². The normalized spacial score (nSPS) is 14.1. The summed E-state index contributed by atoms with van der Waals surface area (Å²) in [6.07, 6.45) is 1.35. The highest BCUT2D eigenvalue weighted by Gasteiger charge is 2.22. The Labute approximate surface area is 158 Å². The van der Waals surface area contributed by atoms with Crippen molar-refractivity contribution < 1.29 is 14.3 Å². The molecule has 138 valence electrons. The number of hydrogen-bond donors (Lipinski definition) is 0. The van der Waals surface area contributed by atoms with E-state index in [1.54, 1.807) is 29.2 Å². The lowest BCUT2D eigenvalue weighted by Crippen LogP contribution is -2.23. The first-order valence-electron chi connectivity index (χ1n) is 8.57. The van der Waals surface area contributed by atoms with Gasteiger partial charge in [0.25, 0.3) is 5.56 Å². The molecule has 0 N–H and O–H groups in total. The number of thiazole rings is 1. The molecule has 0 radical (unpaired) electrons. The molecule has 0 bridgehead atoms. The molecule has 3 aromatic rings. The monoisotopic (exact) mass is 383 g/mol. The van der Waals surface area contributed by atoms with E-state index >= 15 is 0 Å². The minimum absolute atomic E-state index is 0.0599.